The second-order valence-corrected chi connectivity index (χ2v) is 4.42. The quantitative estimate of drug-likeness (QED) is 0.715. The van der Waals surface area contributed by atoms with Gasteiger partial charge in [-0.05, 0) is 22.9 Å². The molecule has 17 heavy (non-hydrogen) atoms. The van der Waals surface area contributed by atoms with E-state index in [9.17, 15) is 19.8 Å². The van der Waals surface area contributed by atoms with Gasteiger partial charge < -0.3 is 19.8 Å². The molecule has 0 saturated heterocycles. The SMILES string of the molecule is O=C([O-])c1cccs1.O=C([O-])c1cccs1.[Eu+2]. The Bertz CT molecular complexity index is 406. The monoisotopic (exact) mass is 407 g/mol. The van der Waals surface area contributed by atoms with Gasteiger partial charge in [0, 0.05) is 9.75 Å². The Labute approximate surface area is 146 Å². The van der Waals surface area contributed by atoms with Crippen LogP contribution in [0.5, 0.6) is 0 Å². The van der Waals surface area contributed by atoms with Gasteiger partial charge >= 0.3 is 49.4 Å². The average Bonchev–Trinajstić information content (AvgIpc) is 2.93. The molecule has 0 aliphatic rings. The zero-order valence-corrected chi connectivity index (χ0v) is 12.3. The van der Waals surface area contributed by atoms with Crippen LogP contribution in [-0.2, 0) is 0 Å². The molecule has 2 aromatic heterocycles. The molecule has 7 heteroatoms. The van der Waals surface area contributed by atoms with Crippen molar-refractivity contribution in [3.05, 3.63) is 44.8 Å². The van der Waals surface area contributed by atoms with Crippen molar-refractivity contribution in [3.8, 4) is 0 Å². The third kappa shape index (κ3) is 6.42. The third-order valence-corrected chi connectivity index (χ3v) is 3.14. The molecule has 89 valence electrons. The van der Waals surface area contributed by atoms with E-state index in [1.807, 2.05) is 0 Å². The van der Waals surface area contributed by atoms with Crippen molar-refractivity contribution < 1.29 is 69.2 Å². The standard InChI is InChI=1S/2C5H4O2S.Eu/c2*6-5(7)4-2-1-3-8-4;/h2*1-3H,(H,6,7);/q;;+2/p-2. The van der Waals surface area contributed by atoms with Crippen molar-refractivity contribution in [3.63, 3.8) is 0 Å². The Morgan fingerprint density at radius 1 is 0.882 bits per heavy atom. The zero-order valence-electron chi connectivity index (χ0n) is 8.29. The first kappa shape index (κ1) is 16.9. The second-order valence-electron chi connectivity index (χ2n) is 2.53. The van der Waals surface area contributed by atoms with Crippen LogP contribution in [0.15, 0.2) is 35.0 Å². The molecule has 4 nitrogen and oxygen atoms in total. The molecular weight excluding hydrogens is 400 g/mol. The summed E-state index contributed by atoms with van der Waals surface area (Å²) in [4.78, 5) is 20.5. The number of rotatable bonds is 2. The van der Waals surface area contributed by atoms with Crippen LogP contribution in [0.2, 0.25) is 0 Å². The fraction of sp³-hybridized carbons (Fsp3) is 0. The van der Waals surface area contributed by atoms with Crippen LogP contribution in [0.25, 0.3) is 0 Å². The van der Waals surface area contributed by atoms with Crippen LogP contribution in [0.1, 0.15) is 19.3 Å². The van der Waals surface area contributed by atoms with Crippen LogP contribution < -0.4 is 10.2 Å². The van der Waals surface area contributed by atoms with Gasteiger partial charge in [-0.1, -0.05) is 12.1 Å². The molecular formula is C10H6EuO4S2. The van der Waals surface area contributed by atoms with Crippen LogP contribution in [0.3, 0.4) is 0 Å². The molecule has 0 aliphatic heterocycles. The number of carboxylic acid groups (broad SMARTS) is 2. The summed E-state index contributed by atoms with van der Waals surface area (Å²) in [6.07, 6.45) is 0. The molecule has 0 unspecified atom stereocenters. The smallest absolute Gasteiger partial charge is 0.544 e. The van der Waals surface area contributed by atoms with Gasteiger partial charge in [-0.15, -0.1) is 22.7 Å². The number of hydrogen-bond acceptors (Lipinski definition) is 6. The topological polar surface area (TPSA) is 80.3 Å². The first-order chi connectivity index (χ1) is 7.61. The summed E-state index contributed by atoms with van der Waals surface area (Å²) in [5.41, 5.74) is 0. The number of carbonyl (C=O) groups is 2. The van der Waals surface area contributed by atoms with Crippen molar-refractivity contribution in [1.82, 2.24) is 0 Å². The first-order valence-corrected chi connectivity index (χ1v) is 5.87. The van der Waals surface area contributed by atoms with Crippen LogP contribution in [-0.4, -0.2) is 11.9 Å². The van der Waals surface area contributed by atoms with Gasteiger partial charge in [0.05, 0.1) is 11.9 Å². The van der Waals surface area contributed by atoms with Crippen molar-refractivity contribution in [2.24, 2.45) is 0 Å². The minimum Gasteiger partial charge on any atom is -0.544 e. The van der Waals surface area contributed by atoms with Gasteiger partial charge in [0.2, 0.25) is 0 Å². The maximum absolute atomic E-state index is 9.96. The predicted molar refractivity (Wildman–Crippen MR) is 57.3 cm³/mol. The summed E-state index contributed by atoms with van der Waals surface area (Å²) in [6, 6.07) is 6.38. The molecule has 0 fully saturated rings. The largest absolute Gasteiger partial charge is 2.00 e. The molecule has 1 radical (unpaired) electrons. The van der Waals surface area contributed by atoms with Gasteiger partial charge in [0.1, 0.15) is 0 Å². The Kier molecular flexibility index (Phi) is 8.90. The molecule has 2 heterocycles. The summed E-state index contributed by atoms with van der Waals surface area (Å²) in [5.74, 6) is -2.19. The van der Waals surface area contributed by atoms with Crippen LogP contribution in [0, 0.1) is 49.4 Å². The molecule has 0 atom stereocenters. The molecule has 0 N–H and O–H groups in total. The maximum Gasteiger partial charge on any atom is 2.00 e. The first-order valence-electron chi connectivity index (χ1n) is 4.11. The zero-order chi connectivity index (χ0) is 12.0. The Morgan fingerprint density at radius 3 is 1.35 bits per heavy atom. The van der Waals surface area contributed by atoms with E-state index >= 15 is 0 Å². The summed E-state index contributed by atoms with van der Waals surface area (Å²) in [6.45, 7) is 0. The van der Waals surface area contributed by atoms with E-state index in [1.165, 1.54) is 34.8 Å². The summed E-state index contributed by atoms with van der Waals surface area (Å²) >= 11 is 2.34. The Hall–Kier alpha value is -0.0756. The minimum absolute atomic E-state index is 0. The number of thiophene rings is 2. The fourth-order valence-electron chi connectivity index (χ4n) is 0.789. The van der Waals surface area contributed by atoms with E-state index < -0.39 is 11.9 Å². The number of aromatic carboxylic acids is 2. The summed E-state index contributed by atoms with van der Waals surface area (Å²) in [7, 11) is 0. The molecule has 2 aromatic rings. The summed E-state index contributed by atoms with van der Waals surface area (Å²) < 4.78 is 0. The van der Waals surface area contributed by atoms with E-state index in [1.54, 1.807) is 22.9 Å². The van der Waals surface area contributed by atoms with Gasteiger partial charge in [-0.2, -0.15) is 0 Å². The maximum atomic E-state index is 9.96. The predicted octanol–water partition coefficient (Wildman–Crippen LogP) is 0.223. The molecule has 0 bridgehead atoms. The van der Waals surface area contributed by atoms with E-state index in [0.717, 1.165) is 0 Å². The Balaban J connectivity index is 0.000000284. The number of carbonyl (C=O) groups excluding carboxylic acids is 2. The molecule has 0 saturated carbocycles. The average molecular weight is 406 g/mol. The van der Waals surface area contributed by atoms with Crippen molar-refractivity contribution in [1.29, 1.82) is 0 Å². The van der Waals surface area contributed by atoms with Gasteiger partial charge in [-0.3, -0.25) is 0 Å². The Morgan fingerprint density at radius 2 is 1.24 bits per heavy atom. The van der Waals surface area contributed by atoms with Crippen LogP contribution in [0.4, 0.5) is 0 Å². The van der Waals surface area contributed by atoms with Gasteiger partial charge in [-0.25, -0.2) is 0 Å². The van der Waals surface area contributed by atoms with E-state index in [-0.39, 0.29) is 59.1 Å². The van der Waals surface area contributed by atoms with Crippen molar-refractivity contribution in [2.75, 3.05) is 0 Å². The molecule has 2 rings (SSSR count). The van der Waals surface area contributed by atoms with Crippen molar-refractivity contribution >= 4 is 34.6 Å². The van der Waals surface area contributed by atoms with Gasteiger partial charge in [0.15, 0.2) is 0 Å². The number of carboxylic acids is 2. The van der Waals surface area contributed by atoms with E-state index in [0.29, 0.717) is 0 Å². The second kappa shape index (κ2) is 8.93. The van der Waals surface area contributed by atoms with E-state index in [4.69, 9.17) is 0 Å². The molecule has 0 aromatic carbocycles. The molecule has 0 aliphatic carbocycles. The minimum atomic E-state index is -1.10. The van der Waals surface area contributed by atoms with Gasteiger partial charge in [0.25, 0.3) is 0 Å². The molecule has 0 amide bonds. The third-order valence-electron chi connectivity index (χ3n) is 1.44. The summed E-state index contributed by atoms with van der Waals surface area (Å²) in [5, 5.41) is 23.3. The van der Waals surface area contributed by atoms with E-state index in [2.05, 4.69) is 0 Å². The van der Waals surface area contributed by atoms with Crippen molar-refractivity contribution in [2.45, 2.75) is 0 Å². The fourth-order valence-corrected chi connectivity index (χ4v) is 1.90. The van der Waals surface area contributed by atoms with Crippen LogP contribution >= 0.6 is 22.7 Å². The molecule has 0 spiro atoms. The normalized spacial score (nSPS) is 8.47. The number of hydrogen-bond donors (Lipinski definition) is 0.